The van der Waals surface area contributed by atoms with E-state index < -0.39 is 16.1 Å². The number of nitrogens with two attached hydrogens (primary N) is 1. The van der Waals surface area contributed by atoms with Crippen LogP contribution in [0.3, 0.4) is 0 Å². The molecule has 3 N–H and O–H groups in total. The number of nitrogens with one attached hydrogen (secondary N) is 1. The van der Waals surface area contributed by atoms with Gasteiger partial charge >= 0.3 is 0 Å². The number of anilines is 1. The van der Waals surface area contributed by atoms with E-state index >= 15 is 0 Å². The van der Waals surface area contributed by atoms with Crippen molar-refractivity contribution < 1.29 is 13.2 Å². The first-order valence-corrected chi connectivity index (χ1v) is 7.98. The number of benzene rings is 1. The fourth-order valence-electron chi connectivity index (χ4n) is 2.30. The highest BCUT2D eigenvalue weighted by Crippen LogP contribution is 2.31. The molecule has 6 nitrogen and oxygen atoms in total. The van der Waals surface area contributed by atoms with E-state index in [0.29, 0.717) is 25.1 Å². The standard InChI is InChI=1S/C12H16ClN3O3S/c1-15-12(17)10-3-2-6-16(10)20(18,19)11-7-8(14)4-5-9(11)13/h4-5,7,10H,2-3,6,14H2,1H3,(H,15,17). The van der Waals surface area contributed by atoms with Crippen molar-refractivity contribution in [3.05, 3.63) is 23.2 Å². The van der Waals surface area contributed by atoms with Crippen LogP contribution in [0.5, 0.6) is 0 Å². The molecule has 0 aromatic heterocycles. The fourth-order valence-corrected chi connectivity index (χ4v) is 4.47. The van der Waals surface area contributed by atoms with Gasteiger partial charge in [-0.1, -0.05) is 11.6 Å². The highest BCUT2D eigenvalue weighted by molar-refractivity contribution is 7.89. The molecule has 1 atom stereocenters. The Morgan fingerprint density at radius 2 is 2.20 bits per heavy atom. The summed E-state index contributed by atoms with van der Waals surface area (Å²) >= 11 is 5.96. The summed E-state index contributed by atoms with van der Waals surface area (Å²) in [6.07, 6.45) is 1.14. The molecule has 2 rings (SSSR count). The van der Waals surface area contributed by atoms with Crippen molar-refractivity contribution in [2.45, 2.75) is 23.8 Å². The van der Waals surface area contributed by atoms with E-state index in [1.165, 1.54) is 29.6 Å². The monoisotopic (exact) mass is 317 g/mol. The summed E-state index contributed by atoms with van der Waals surface area (Å²) in [6, 6.07) is 3.59. The molecular formula is C12H16ClN3O3S. The maximum Gasteiger partial charge on any atom is 0.245 e. The third-order valence-electron chi connectivity index (χ3n) is 3.29. The van der Waals surface area contributed by atoms with Gasteiger partial charge in [0, 0.05) is 19.3 Å². The van der Waals surface area contributed by atoms with E-state index in [0.717, 1.165) is 0 Å². The molecule has 0 aliphatic carbocycles. The largest absolute Gasteiger partial charge is 0.399 e. The topological polar surface area (TPSA) is 92.5 Å². The molecule has 0 spiro atoms. The molecule has 20 heavy (non-hydrogen) atoms. The number of amides is 1. The second-order valence-corrected chi connectivity index (χ2v) is 6.84. The maximum absolute atomic E-state index is 12.6. The van der Waals surface area contributed by atoms with Gasteiger partial charge in [0.15, 0.2) is 0 Å². The lowest BCUT2D eigenvalue weighted by Crippen LogP contribution is -2.44. The number of rotatable bonds is 3. The van der Waals surface area contributed by atoms with Crippen molar-refractivity contribution in [2.75, 3.05) is 19.3 Å². The van der Waals surface area contributed by atoms with Crippen molar-refractivity contribution in [3.8, 4) is 0 Å². The number of nitrogens with zero attached hydrogens (tertiary/aromatic N) is 1. The van der Waals surface area contributed by atoms with Gasteiger partial charge in [0.05, 0.1) is 5.02 Å². The van der Waals surface area contributed by atoms with Gasteiger partial charge in [0.1, 0.15) is 10.9 Å². The predicted octanol–water partition coefficient (Wildman–Crippen LogP) is 0.821. The molecule has 1 heterocycles. The van der Waals surface area contributed by atoms with E-state index in [1.807, 2.05) is 0 Å². The highest BCUT2D eigenvalue weighted by Gasteiger charge is 2.39. The van der Waals surface area contributed by atoms with Crippen LogP contribution in [0.1, 0.15) is 12.8 Å². The summed E-state index contributed by atoms with van der Waals surface area (Å²) in [5.41, 5.74) is 5.93. The lowest BCUT2D eigenvalue weighted by molar-refractivity contribution is -0.123. The van der Waals surface area contributed by atoms with Crippen LogP contribution in [0.15, 0.2) is 23.1 Å². The zero-order valence-corrected chi connectivity index (χ0v) is 12.5. The van der Waals surface area contributed by atoms with Crippen molar-refractivity contribution >= 4 is 33.2 Å². The van der Waals surface area contributed by atoms with Crippen LogP contribution in [-0.2, 0) is 14.8 Å². The quantitative estimate of drug-likeness (QED) is 0.807. The molecule has 110 valence electrons. The van der Waals surface area contributed by atoms with Crippen molar-refractivity contribution in [3.63, 3.8) is 0 Å². The van der Waals surface area contributed by atoms with Crippen molar-refractivity contribution in [1.29, 1.82) is 0 Å². The van der Waals surface area contributed by atoms with E-state index in [4.69, 9.17) is 17.3 Å². The van der Waals surface area contributed by atoms with Crippen LogP contribution in [0, 0.1) is 0 Å². The Labute approximate surface area is 122 Å². The minimum atomic E-state index is -3.84. The minimum Gasteiger partial charge on any atom is -0.399 e. The maximum atomic E-state index is 12.6. The molecular weight excluding hydrogens is 302 g/mol. The van der Waals surface area contributed by atoms with E-state index in [1.54, 1.807) is 0 Å². The van der Waals surface area contributed by atoms with Crippen molar-refractivity contribution in [2.24, 2.45) is 0 Å². The number of carbonyl (C=O) groups excluding carboxylic acids is 1. The molecule has 0 saturated carbocycles. The number of likely N-dealkylation sites (N-methyl/N-ethyl adjacent to an activating group) is 1. The number of hydrogen-bond acceptors (Lipinski definition) is 4. The number of nitrogen functional groups attached to an aromatic ring is 1. The summed E-state index contributed by atoms with van der Waals surface area (Å²) in [7, 11) is -2.35. The van der Waals surface area contributed by atoms with Crippen molar-refractivity contribution in [1.82, 2.24) is 9.62 Å². The van der Waals surface area contributed by atoms with Gasteiger partial charge in [-0.05, 0) is 31.0 Å². The Hall–Kier alpha value is -1.31. The number of hydrogen-bond donors (Lipinski definition) is 2. The molecule has 1 amide bonds. The van der Waals surface area contributed by atoms with Crippen LogP contribution in [0.4, 0.5) is 5.69 Å². The summed E-state index contributed by atoms with van der Waals surface area (Å²) in [5, 5.41) is 2.58. The SMILES string of the molecule is CNC(=O)C1CCCN1S(=O)(=O)c1cc(N)ccc1Cl. The average molecular weight is 318 g/mol. The normalized spacial score (nSPS) is 20.0. The second-order valence-electron chi connectivity index (χ2n) is 4.58. The van der Waals surface area contributed by atoms with Crippen LogP contribution in [-0.4, -0.2) is 38.3 Å². The van der Waals surface area contributed by atoms with Gasteiger partial charge in [-0.2, -0.15) is 4.31 Å². The summed E-state index contributed by atoms with van der Waals surface area (Å²) in [6.45, 7) is 0.297. The van der Waals surface area contributed by atoms with Crippen LogP contribution in [0.25, 0.3) is 0 Å². The number of halogens is 1. The number of sulfonamides is 1. The molecule has 1 unspecified atom stereocenters. The first-order valence-electron chi connectivity index (χ1n) is 6.16. The predicted molar refractivity (Wildman–Crippen MR) is 76.8 cm³/mol. The summed E-state index contributed by atoms with van der Waals surface area (Å²) in [5.74, 6) is -0.314. The molecule has 1 aromatic rings. The van der Waals surface area contributed by atoms with Crippen LogP contribution < -0.4 is 11.1 Å². The first-order chi connectivity index (χ1) is 9.37. The van der Waals surface area contributed by atoms with E-state index in [-0.39, 0.29) is 15.8 Å². The molecule has 8 heteroatoms. The van der Waals surface area contributed by atoms with Gasteiger partial charge in [-0.25, -0.2) is 8.42 Å². The van der Waals surface area contributed by atoms with Gasteiger partial charge in [0.2, 0.25) is 15.9 Å². The molecule has 1 aromatic carbocycles. The Kier molecular flexibility index (Phi) is 4.22. The third kappa shape index (κ3) is 2.61. The van der Waals surface area contributed by atoms with Gasteiger partial charge in [-0.3, -0.25) is 4.79 Å². The highest BCUT2D eigenvalue weighted by atomic mass is 35.5. The van der Waals surface area contributed by atoms with Gasteiger partial charge < -0.3 is 11.1 Å². The Morgan fingerprint density at radius 3 is 2.85 bits per heavy atom. The molecule has 0 bridgehead atoms. The lowest BCUT2D eigenvalue weighted by atomic mass is 10.2. The number of carbonyl (C=O) groups is 1. The zero-order chi connectivity index (χ0) is 14.9. The molecule has 0 radical (unpaired) electrons. The Balaban J connectivity index is 2.44. The Bertz CT molecular complexity index is 633. The molecule has 1 saturated heterocycles. The molecule has 1 aliphatic heterocycles. The summed E-state index contributed by atoms with van der Waals surface area (Å²) < 4.78 is 26.5. The first kappa shape index (κ1) is 15.1. The van der Waals surface area contributed by atoms with Crippen LogP contribution >= 0.6 is 11.6 Å². The van der Waals surface area contributed by atoms with E-state index in [9.17, 15) is 13.2 Å². The Morgan fingerprint density at radius 1 is 1.50 bits per heavy atom. The average Bonchev–Trinajstić information content (AvgIpc) is 2.90. The van der Waals surface area contributed by atoms with E-state index in [2.05, 4.69) is 5.32 Å². The smallest absolute Gasteiger partial charge is 0.245 e. The lowest BCUT2D eigenvalue weighted by Gasteiger charge is -2.23. The molecule has 1 aliphatic rings. The van der Waals surface area contributed by atoms with Gasteiger partial charge in [-0.15, -0.1) is 0 Å². The van der Waals surface area contributed by atoms with Crippen LogP contribution in [0.2, 0.25) is 5.02 Å². The fraction of sp³-hybridized carbons (Fsp3) is 0.417. The molecule has 1 fully saturated rings. The summed E-state index contributed by atoms with van der Waals surface area (Å²) in [4.78, 5) is 11.7. The minimum absolute atomic E-state index is 0.0602. The van der Waals surface area contributed by atoms with Gasteiger partial charge in [0.25, 0.3) is 0 Å². The second kappa shape index (κ2) is 5.59. The zero-order valence-electron chi connectivity index (χ0n) is 11.0. The third-order valence-corrected chi connectivity index (χ3v) is 5.68.